The van der Waals surface area contributed by atoms with Crippen LogP contribution < -0.4 is 0 Å². The van der Waals surface area contributed by atoms with Crippen molar-refractivity contribution < 1.29 is 28.2 Å². The SMILES string of the molecule is CC(C)(C)C1C2CCCC2CN1C(C)(C)C.CC(C)(C)C1CC(=O)CN1C(C)(C)C.CC(C)(C)C1CC(F)C(=O)N1C(C)(C)C.CC(C)(C)C1CC2(CN1C(C)(C)C)OCO2.CC(C)(C)C1CC2CCCCC2N1C(C)(C)C.CC(C)(C)C1N(C(C)(C)C)CCC12CCO2. The molecule has 2 spiro atoms. The maximum absolute atomic E-state index is 13.5. The molecule has 10 rings (SSSR count). The molecule has 0 aromatic carbocycles. The second kappa shape index (κ2) is 28.9. The molecular formula is C82H157FN6O5. The highest BCUT2D eigenvalue weighted by atomic mass is 19.1. The summed E-state index contributed by atoms with van der Waals surface area (Å²) < 4.78 is 30.8. The Morgan fingerprint density at radius 1 is 0.447 bits per heavy atom. The number of likely N-dealkylation sites (tertiary alicyclic amines) is 6. The summed E-state index contributed by atoms with van der Waals surface area (Å²) in [5.41, 5.74) is 2.60. The normalized spacial score (nSPS) is 32.7. The number of hydrogen-bond acceptors (Lipinski definition) is 10. The van der Waals surface area contributed by atoms with E-state index in [4.69, 9.17) is 14.2 Å². The Hall–Kier alpha value is -1.25. The maximum Gasteiger partial charge on any atom is 0.257 e. The van der Waals surface area contributed by atoms with Gasteiger partial charge in [0, 0.05) is 114 Å². The van der Waals surface area contributed by atoms with Crippen molar-refractivity contribution in [3.05, 3.63) is 0 Å². The topological polar surface area (TPSA) is 81.3 Å². The van der Waals surface area contributed by atoms with E-state index in [2.05, 4.69) is 253 Å². The third-order valence-corrected chi connectivity index (χ3v) is 23.5. The van der Waals surface area contributed by atoms with E-state index in [1.165, 1.54) is 77.3 Å². The van der Waals surface area contributed by atoms with E-state index in [9.17, 15) is 14.0 Å². The van der Waals surface area contributed by atoms with Gasteiger partial charge in [0.05, 0.1) is 25.3 Å². The number of nitrogens with zero attached hydrogens (tertiary/aromatic N) is 6. The number of Topliss-reactive ketones (excluding diaryl/α,β-unsaturated/α-hetero) is 1. The monoisotopic (exact) mass is 1330 g/mol. The van der Waals surface area contributed by atoms with Gasteiger partial charge in [0.1, 0.15) is 5.78 Å². The zero-order valence-corrected chi connectivity index (χ0v) is 68.9. The predicted molar refractivity (Wildman–Crippen MR) is 396 cm³/mol. The zero-order valence-electron chi connectivity index (χ0n) is 68.9. The quantitative estimate of drug-likeness (QED) is 0.234. The van der Waals surface area contributed by atoms with Crippen LogP contribution >= 0.6 is 0 Å². The summed E-state index contributed by atoms with van der Waals surface area (Å²) in [6.45, 7) is 87.4. The van der Waals surface area contributed by atoms with Crippen LogP contribution in [0.4, 0.5) is 4.39 Å². The Balaban J connectivity index is 0.000000205. The summed E-state index contributed by atoms with van der Waals surface area (Å²) in [5.74, 6) is 2.68. The molecule has 10 aliphatic rings. The number of hydrogen-bond donors (Lipinski definition) is 0. The third kappa shape index (κ3) is 20.3. The van der Waals surface area contributed by atoms with Gasteiger partial charge in [-0.25, -0.2) is 4.39 Å². The van der Waals surface area contributed by atoms with Crippen LogP contribution in [-0.2, 0) is 23.8 Å². The second-order valence-electron chi connectivity index (χ2n) is 43.9. The van der Waals surface area contributed by atoms with Crippen molar-refractivity contribution in [1.82, 2.24) is 29.4 Å². The van der Waals surface area contributed by atoms with Crippen molar-refractivity contribution in [2.45, 2.75) is 426 Å². The highest BCUT2D eigenvalue weighted by Gasteiger charge is 2.60. The molecule has 2 aliphatic carbocycles. The molecule has 0 aromatic rings. The Bertz CT molecular complexity index is 2350. The summed E-state index contributed by atoms with van der Waals surface area (Å²) >= 11 is 0. The van der Waals surface area contributed by atoms with Crippen LogP contribution in [0.15, 0.2) is 0 Å². The van der Waals surface area contributed by atoms with Crippen molar-refractivity contribution in [3.63, 3.8) is 0 Å². The third-order valence-electron chi connectivity index (χ3n) is 23.5. The molecule has 0 N–H and O–H groups in total. The lowest BCUT2D eigenvalue weighted by Crippen LogP contribution is -2.61. The van der Waals surface area contributed by atoms with Crippen LogP contribution in [0.25, 0.3) is 0 Å². The number of fused-ring (bicyclic) bond motifs is 2. The molecule has 2 saturated carbocycles. The number of ketones is 1. The van der Waals surface area contributed by atoms with Gasteiger partial charge in [0.15, 0.2) is 18.8 Å². The number of ether oxygens (including phenoxy) is 3. The Morgan fingerprint density at radius 3 is 1.29 bits per heavy atom. The molecule has 94 heavy (non-hydrogen) atoms. The number of halogens is 1. The first-order chi connectivity index (χ1) is 41.9. The molecule has 552 valence electrons. The fraction of sp³-hybridized carbons (Fsp3) is 0.976. The van der Waals surface area contributed by atoms with Crippen molar-refractivity contribution >= 4 is 11.7 Å². The molecule has 12 unspecified atom stereocenters. The lowest BCUT2D eigenvalue weighted by molar-refractivity contribution is -0.390. The van der Waals surface area contributed by atoms with Crippen LogP contribution in [0.5, 0.6) is 0 Å². The lowest BCUT2D eigenvalue weighted by atomic mass is 9.72. The molecule has 1 amide bonds. The van der Waals surface area contributed by atoms with Gasteiger partial charge in [0.2, 0.25) is 0 Å². The van der Waals surface area contributed by atoms with E-state index in [0.29, 0.717) is 71.0 Å². The molecule has 0 aromatic heterocycles. The van der Waals surface area contributed by atoms with Gasteiger partial charge in [-0.05, 0) is 213 Å². The van der Waals surface area contributed by atoms with E-state index in [-0.39, 0.29) is 61.7 Å². The van der Waals surface area contributed by atoms with Crippen LogP contribution in [-0.4, -0.2) is 174 Å². The largest absolute Gasteiger partial charge is 0.373 e. The first-order valence-electron chi connectivity index (χ1n) is 38.2. The van der Waals surface area contributed by atoms with E-state index < -0.39 is 6.17 Å². The molecule has 0 radical (unpaired) electrons. The second-order valence-corrected chi connectivity index (χ2v) is 43.9. The maximum atomic E-state index is 13.5. The minimum atomic E-state index is -1.31. The summed E-state index contributed by atoms with van der Waals surface area (Å²) in [7, 11) is 0. The molecule has 0 bridgehead atoms. The van der Waals surface area contributed by atoms with Crippen molar-refractivity contribution in [2.24, 2.45) is 50.2 Å². The van der Waals surface area contributed by atoms with Crippen molar-refractivity contribution in [1.29, 1.82) is 0 Å². The first-order valence-corrected chi connectivity index (χ1v) is 38.2. The molecule has 10 fully saturated rings. The highest BCUT2D eigenvalue weighted by Crippen LogP contribution is 2.53. The minimum absolute atomic E-state index is 0.000000000000000444. The number of amides is 1. The molecule has 8 saturated heterocycles. The molecule has 12 atom stereocenters. The highest BCUT2D eigenvalue weighted by molar-refractivity contribution is 5.84. The van der Waals surface area contributed by atoms with Crippen LogP contribution in [0, 0.1) is 50.2 Å². The molecule has 11 nitrogen and oxygen atoms in total. The van der Waals surface area contributed by atoms with E-state index in [1.807, 2.05) is 20.8 Å². The van der Waals surface area contributed by atoms with Gasteiger partial charge in [-0.3, -0.25) is 34.1 Å². The zero-order chi connectivity index (χ0) is 72.5. The van der Waals surface area contributed by atoms with Crippen molar-refractivity contribution in [3.8, 4) is 0 Å². The van der Waals surface area contributed by atoms with Crippen LogP contribution in [0.3, 0.4) is 0 Å². The van der Waals surface area contributed by atoms with Gasteiger partial charge in [0.25, 0.3) is 5.91 Å². The van der Waals surface area contributed by atoms with Crippen LogP contribution in [0.1, 0.15) is 333 Å². The molecular weight excluding hydrogens is 1170 g/mol. The smallest absolute Gasteiger partial charge is 0.257 e. The Kier molecular flexibility index (Phi) is 25.6. The van der Waals surface area contributed by atoms with Crippen LogP contribution in [0.2, 0.25) is 0 Å². The summed E-state index contributed by atoms with van der Waals surface area (Å²) in [6.07, 6.45) is 14.9. The predicted octanol–water partition coefficient (Wildman–Crippen LogP) is 19.3. The van der Waals surface area contributed by atoms with E-state index >= 15 is 0 Å². The Labute approximate surface area is 582 Å². The number of carbonyl (C=O) groups is 2. The number of alkyl halides is 1. The van der Waals surface area contributed by atoms with E-state index in [1.54, 1.807) is 4.90 Å². The summed E-state index contributed by atoms with van der Waals surface area (Å²) in [5, 5.41) is 0. The van der Waals surface area contributed by atoms with Gasteiger partial charge in [-0.15, -0.1) is 0 Å². The van der Waals surface area contributed by atoms with Gasteiger partial charge >= 0.3 is 0 Å². The first kappa shape index (κ1) is 83.4. The Morgan fingerprint density at radius 2 is 0.926 bits per heavy atom. The van der Waals surface area contributed by atoms with Gasteiger partial charge < -0.3 is 19.1 Å². The fourth-order valence-corrected chi connectivity index (χ4v) is 19.1. The fourth-order valence-electron chi connectivity index (χ4n) is 19.1. The average molecular weight is 1330 g/mol. The van der Waals surface area contributed by atoms with Gasteiger partial charge in [-0.2, -0.15) is 0 Å². The summed E-state index contributed by atoms with van der Waals surface area (Å²) in [6, 6.07) is 3.92. The number of rotatable bonds is 0. The molecule has 12 heteroatoms. The standard InChI is InChI=1S/C16H31N.C15H29N.C14H27NO.C13H25NO2.C12H22FNO.C12H23NO/c1-15(2,3)14-11-12-9-7-8-10-13(12)17(14)16(4,5)6;1-14(2,3)13-12-9-7-8-11(12)10-16(13)15(4,5)6;1-12(2,3)11-14(8-10-16-14)7-9-15(11)13(4,5)6;1-11(2,3)10-7-13(15-9-16-13)8-14(10)12(4,5)6;1-11(2,3)9-7-8(13)10(15)14(9)12(4,5)6;1-11(2,3)10-7-9(14)8-13(10)12(4,5)6/h12-14H,7-11H2,1-6H3;11-13H,7-10H2,1-6H3;11H,7-10H2,1-6H3;10H,7-9H2,1-6H3;8-9H,7H2,1-6H3;10H,7-8H2,1-6H3. The average Bonchev–Trinajstić information content (AvgIpc) is 1.56. The molecule has 8 aliphatic heterocycles. The minimum Gasteiger partial charge on any atom is -0.373 e. The van der Waals surface area contributed by atoms with Gasteiger partial charge in [-0.1, -0.05) is 144 Å². The lowest BCUT2D eigenvalue weighted by Gasteiger charge is -2.53. The van der Waals surface area contributed by atoms with Crippen molar-refractivity contribution in [2.75, 3.05) is 39.6 Å². The summed E-state index contributed by atoms with van der Waals surface area (Å²) in [4.78, 5) is 38.2. The molecule has 8 heterocycles. The number of carbonyl (C=O) groups excluding carboxylic acids is 2. The van der Waals surface area contributed by atoms with E-state index in [0.717, 1.165) is 61.9 Å².